The van der Waals surface area contributed by atoms with Crippen LogP contribution in [0.3, 0.4) is 0 Å². The van der Waals surface area contributed by atoms with Crippen LogP contribution in [0.1, 0.15) is 43.9 Å². The lowest BCUT2D eigenvalue weighted by Gasteiger charge is -2.17. The SMILES string of the molecule is O=C(COC(=O)c1ccc2c(c1)C(=O)N(CC1CCCO1)C2=O)Nc1cccc(Cl)c1. The highest BCUT2D eigenvalue weighted by Crippen LogP contribution is 2.26. The number of nitrogens with one attached hydrogen (secondary N) is 1. The van der Waals surface area contributed by atoms with Crippen molar-refractivity contribution in [1.82, 2.24) is 4.90 Å². The minimum Gasteiger partial charge on any atom is -0.452 e. The lowest BCUT2D eigenvalue weighted by Crippen LogP contribution is -2.36. The summed E-state index contributed by atoms with van der Waals surface area (Å²) in [5.74, 6) is -2.19. The molecule has 2 aromatic rings. The van der Waals surface area contributed by atoms with Gasteiger partial charge in [-0.3, -0.25) is 19.3 Å². The summed E-state index contributed by atoms with van der Waals surface area (Å²) in [6.45, 7) is 0.297. The van der Waals surface area contributed by atoms with E-state index in [4.69, 9.17) is 21.1 Å². The zero-order valence-electron chi connectivity index (χ0n) is 16.4. The Kier molecular flexibility index (Phi) is 6.01. The van der Waals surface area contributed by atoms with Gasteiger partial charge in [0.05, 0.1) is 29.3 Å². The first kappa shape index (κ1) is 21.0. The number of fused-ring (bicyclic) bond motifs is 1. The van der Waals surface area contributed by atoms with Crippen LogP contribution in [0.5, 0.6) is 0 Å². The van der Waals surface area contributed by atoms with Crippen molar-refractivity contribution in [2.24, 2.45) is 0 Å². The van der Waals surface area contributed by atoms with Crippen molar-refractivity contribution < 1.29 is 28.7 Å². The summed E-state index contributed by atoms with van der Waals surface area (Å²) < 4.78 is 10.5. The number of halogens is 1. The van der Waals surface area contributed by atoms with Gasteiger partial charge >= 0.3 is 5.97 Å². The van der Waals surface area contributed by atoms with Crippen LogP contribution in [0.25, 0.3) is 0 Å². The molecule has 2 aliphatic heterocycles. The van der Waals surface area contributed by atoms with Crippen LogP contribution >= 0.6 is 11.6 Å². The molecular weight excluding hydrogens is 424 g/mol. The zero-order chi connectivity index (χ0) is 22.0. The molecule has 1 atom stereocenters. The average molecular weight is 443 g/mol. The molecule has 31 heavy (non-hydrogen) atoms. The molecule has 2 aromatic carbocycles. The Bertz CT molecular complexity index is 1060. The van der Waals surface area contributed by atoms with Gasteiger partial charge in [0.1, 0.15) is 0 Å². The van der Waals surface area contributed by atoms with Gasteiger partial charge in [-0.2, -0.15) is 0 Å². The molecule has 2 aliphatic rings. The third-order valence-corrected chi connectivity index (χ3v) is 5.29. The Morgan fingerprint density at radius 3 is 2.68 bits per heavy atom. The van der Waals surface area contributed by atoms with Gasteiger partial charge in [0.15, 0.2) is 6.61 Å². The zero-order valence-corrected chi connectivity index (χ0v) is 17.2. The van der Waals surface area contributed by atoms with E-state index in [1.165, 1.54) is 18.2 Å². The summed E-state index contributed by atoms with van der Waals surface area (Å²) in [6.07, 6.45) is 1.53. The minimum atomic E-state index is -0.776. The number of anilines is 1. The second-order valence-corrected chi connectivity index (χ2v) is 7.69. The Morgan fingerprint density at radius 2 is 1.94 bits per heavy atom. The third kappa shape index (κ3) is 4.60. The van der Waals surface area contributed by atoms with Crippen molar-refractivity contribution >= 4 is 41.0 Å². The maximum Gasteiger partial charge on any atom is 0.338 e. The minimum absolute atomic E-state index is 0.0782. The van der Waals surface area contributed by atoms with Crippen LogP contribution in [0.2, 0.25) is 5.02 Å². The van der Waals surface area contributed by atoms with E-state index in [2.05, 4.69) is 5.32 Å². The maximum atomic E-state index is 12.7. The fourth-order valence-corrected chi connectivity index (χ4v) is 3.74. The molecule has 1 fully saturated rings. The van der Waals surface area contributed by atoms with Gasteiger partial charge in [0, 0.05) is 17.3 Å². The van der Waals surface area contributed by atoms with Crippen LogP contribution in [0, 0.1) is 0 Å². The van der Waals surface area contributed by atoms with Gasteiger partial charge in [0.25, 0.3) is 17.7 Å². The summed E-state index contributed by atoms with van der Waals surface area (Å²) >= 11 is 5.86. The van der Waals surface area contributed by atoms with Crippen LogP contribution in [-0.2, 0) is 14.3 Å². The van der Waals surface area contributed by atoms with Crippen molar-refractivity contribution in [3.05, 3.63) is 64.2 Å². The van der Waals surface area contributed by atoms with Crippen molar-refractivity contribution in [2.75, 3.05) is 25.1 Å². The first-order valence-corrected chi connectivity index (χ1v) is 10.1. The smallest absolute Gasteiger partial charge is 0.338 e. The van der Waals surface area contributed by atoms with E-state index >= 15 is 0 Å². The predicted octanol–water partition coefficient (Wildman–Crippen LogP) is 2.91. The fraction of sp³-hybridized carbons (Fsp3) is 0.273. The number of carbonyl (C=O) groups excluding carboxylic acids is 4. The predicted molar refractivity (Wildman–Crippen MR) is 111 cm³/mol. The molecule has 1 saturated heterocycles. The first-order chi connectivity index (χ1) is 14.9. The maximum absolute atomic E-state index is 12.7. The summed E-state index contributed by atoms with van der Waals surface area (Å²) in [4.78, 5) is 50.7. The molecule has 160 valence electrons. The van der Waals surface area contributed by atoms with E-state index in [0.29, 0.717) is 17.3 Å². The molecule has 2 heterocycles. The highest BCUT2D eigenvalue weighted by molar-refractivity contribution is 6.30. The molecule has 8 nitrogen and oxygen atoms in total. The van der Waals surface area contributed by atoms with Crippen LogP contribution in [0.4, 0.5) is 5.69 Å². The quantitative estimate of drug-likeness (QED) is 0.545. The molecule has 0 saturated carbocycles. The van der Waals surface area contributed by atoms with E-state index < -0.39 is 30.3 Å². The molecule has 1 N–H and O–H groups in total. The van der Waals surface area contributed by atoms with Crippen molar-refractivity contribution in [3.63, 3.8) is 0 Å². The highest BCUT2D eigenvalue weighted by Gasteiger charge is 2.38. The molecule has 3 amide bonds. The Labute approximate surface area is 183 Å². The molecule has 0 bridgehead atoms. The standard InChI is InChI=1S/C22H19ClN2O6/c23-14-3-1-4-15(10-14)24-19(26)12-31-22(29)13-6-7-17-18(9-13)21(28)25(20(17)27)11-16-5-2-8-30-16/h1,3-4,6-7,9-10,16H,2,5,8,11-12H2,(H,24,26). The average Bonchev–Trinajstić information content (AvgIpc) is 3.35. The monoisotopic (exact) mass is 442 g/mol. The van der Waals surface area contributed by atoms with Crippen molar-refractivity contribution in [3.8, 4) is 0 Å². The number of rotatable bonds is 6. The summed E-state index contributed by atoms with van der Waals surface area (Å²) in [5.41, 5.74) is 0.926. The second kappa shape index (κ2) is 8.87. The molecule has 9 heteroatoms. The molecule has 0 spiro atoms. The number of ether oxygens (including phenoxy) is 2. The molecule has 0 aromatic heterocycles. The van der Waals surface area contributed by atoms with E-state index in [1.807, 2.05) is 0 Å². The third-order valence-electron chi connectivity index (χ3n) is 5.06. The molecule has 0 aliphatic carbocycles. The molecular formula is C22H19ClN2O6. The van der Waals surface area contributed by atoms with Gasteiger partial charge in [-0.15, -0.1) is 0 Å². The first-order valence-electron chi connectivity index (χ1n) is 9.77. The lowest BCUT2D eigenvalue weighted by molar-refractivity contribution is -0.119. The number of carbonyl (C=O) groups is 4. The van der Waals surface area contributed by atoms with Gasteiger partial charge in [0.2, 0.25) is 0 Å². The number of nitrogens with zero attached hydrogens (tertiary/aromatic N) is 1. The highest BCUT2D eigenvalue weighted by atomic mass is 35.5. The topological polar surface area (TPSA) is 102 Å². The van der Waals surface area contributed by atoms with Crippen molar-refractivity contribution in [1.29, 1.82) is 0 Å². The summed E-state index contributed by atoms with van der Waals surface area (Å²) in [6, 6.07) is 10.7. The van der Waals surface area contributed by atoms with Gasteiger partial charge in [-0.05, 0) is 49.2 Å². The number of hydrogen-bond acceptors (Lipinski definition) is 6. The van der Waals surface area contributed by atoms with Crippen LogP contribution in [-0.4, -0.2) is 54.5 Å². The van der Waals surface area contributed by atoms with E-state index in [0.717, 1.165) is 17.7 Å². The number of benzene rings is 2. The number of amides is 3. The number of hydrogen-bond donors (Lipinski definition) is 1. The Balaban J connectivity index is 1.38. The largest absolute Gasteiger partial charge is 0.452 e. The summed E-state index contributed by atoms with van der Waals surface area (Å²) in [7, 11) is 0. The number of esters is 1. The van der Waals surface area contributed by atoms with E-state index in [9.17, 15) is 19.2 Å². The lowest BCUT2D eigenvalue weighted by atomic mass is 10.1. The van der Waals surface area contributed by atoms with Gasteiger partial charge in [-0.1, -0.05) is 17.7 Å². The van der Waals surface area contributed by atoms with Gasteiger partial charge in [-0.25, -0.2) is 4.79 Å². The van der Waals surface area contributed by atoms with Crippen LogP contribution in [0.15, 0.2) is 42.5 Å². The number of imide groups is 1. The van der Waals surface area contributed by atoms with Crippen LogP contribution < -0.4 is 5.32 Å². The normalized spacial score (nSPS) is 17.6. The van der Waals surface area contributed by atoms with E-state index in [-0.39, 0.29) is 29.3 Å². The van der Waals surface area contributed by atoms with Crippen molar-refractivity contribution in [2.45, 2.75) is 18.9 Å². The Morgan fingerprint density at radius 1 is 1.13 bits per heavy atom. The summed E-state index contributed by atoms with van der Waals surface area (Å²) in [5, 5.41) is 3.03. The van der Waals surface area contributed by atoms with Gasteiger partial charge < -0.3 is 14.8 Å². The second-order valence-electron chi connectivity index (χ2n) is 7.25. The molecule has 1 unspecified atom stereocenters. The van der Waals surface area contributed by atoms with E-state index in [1.54, 1.807) is 24.3 Å². The fourth-order valence-electron chi connectivity index (χ4n) is 3.55. The Hall–Kier alpha value is -3.23. The molecule has 4 rings (SSSR count). The molecule has 0 radical (unpaired) electrons.